The molecular formula is C19H25Cl2N3O2. The molecule has 1 amide bonds. The molecule has 0 radical (unpaired) electrons. The van der Waals surface area contributed by atoms with Crippen molar-refractivity contribution < 1.29 is 9.90 Å². The van der Waals surface area contributed by atoms with Gasteiger partial charge in [0.1, 0.15) is 5.75 Å². The molecule has 142 valence electrons. The van der Waals surface area contributed by atoms with Crippen LogP contribution in [0.5, 0.6) is 5.75 Å². The second kappa shape index (κ2) is 9.67. The summed E-state index contributed by atoms with van der Waals surface area (Å²) in [5.41, 5.74) is 9.16. The highest BCUT2D eigenvalue weighted by molar-refractivity contribution is 5.96. The van der Waals surface area contributed by atoms with Crippen LogP contribution in [0.3, 0.4) is 0 Å². The standard InChI is InChI=1S/C19H23N3O2.2ClH/c1-14-5-6-16(20)12-18(14)19(24)22-9-7-21(8-10-22)13-15-3-2-4-17(23)11-15;;/h2-6,11-12,23H,7-10,13,20H2,1H3;2*1H. The smallest absolute Gasteiger partial charge is 0.254 e. The maximum absolute atomic E-state index is 12.7. The molecule has 0 saturated carbocycles. The van der Waals surface area contributed by atoms with Crippen LogP contribution in [0.4, 0.5) is 5.69 Å². The molecule has 2 aromatic rings. The van der Waals surface area contributed by atoms with E-state index in [9.17, 15) is 9.90 Å². The molecule has 3 rings (SSSR count). The minimum Gasteiger partial charge on any atom is -0.508 e. The molecule has 3 N–H and O–H groups in total. The molecule has 0 bridgehead atoms. The number of rotatable bonds is 3. The summed E-state index contributed by atoms with van der Waals surface area (Å²) in [5.74, 6) is 0.343. The SMILES string of the molecule is Cc1ccc(N)cc1C(=O)N1CCN(Cc2cccc(O)c2)CC1.Cl.Cl. The summed E-state index contributed by atoms with van der Waals surface area (Å²) in [6.07, 6.45) is 0. The van der Waals surface area contributed by atoms with Crippen molar-refractivity contribution in [2.24, 2.45) is 0 Å². The fourth-order valence-corrected chi connectivity index (χ4v) is 3.06. The number of carbonyl (C=O) groups is 1. The summed E-state index contributed by atoms with van der Waals surface area (Å²) in [6, 6.07) is 12.8. The summed E-state index contributed by atoms with van der Waals surface area (Å²) in [7, 11) is 0. The Hall–Kier alpha value is -1.95. The van der Waals surface area contributed by atoms with Gasteiger partial charge in [-0.15, -0.1) is 24.8 Å². The topological polar surface area (TPSA) is 69.8 Å². The fraction of sp³-hybridized carbons (Fsp3) is 0.316. The van der Waals surface area contributed by atoms with Gasteiger partial charge in [-0.2, -0.15) is 0 Å². The average Bonchev–Trinajstić information content (AvgIpc) is 2.57. The minimum absolute atomic E-state index is 0. The molecule has 0 unspecified atom stereocenters. The van der Waals surface area contributed by atoms with Gasteiger partial charge in [0.05, 0.1) is 0 Å². The summed E-state index contributed by atoms with van der Waals surface area (Å²) >= 11 is 0. The van der Waals surface area contributed by atoms with Crippen LogP contribution >= 0.6 is 24.8 Å². The van der Waals surface area contributed by atoms with Crippen LogP contribution in [0.15, 0.2) is 42.5 Å². The van der Waals surface area contributed by atoms with E-state index in [4.69, 9.17) is 5.73 Å². The molecule has 0 spiro atoms. The van der Waals surface area contributed by atoms with Gasteiger partial charge in [-0.3, -0.25) is 9.69 Å². The number of nitrogen functional groups attached to an aromatic ring is 1. The Morgan fingerprint density at radius 2 is 1.77 bits per heavy atom. The molecule has 1 heterocycles. The van der Waals surface area contributed by atoms with Crippen LogP contribution in [0.25, 0.3) is 0 Å². The molecule has 0 aromatic heterocycles. The Balaban J connectivity index is 0.00000169. The van der Waals surface area contributed by atoms with Gasteiger partial charge in [-0.25, -0.2) is 0 Å². The van der Waals surface area contributed by atoms with Gasteiger partial charge in [-0.1, -0.05) is 18.2 Å². The van der Waals surface area contributed by atoms with Crippen LogP contribution in [0.1, 0.15) is 21.5 Å². The molecule has 1 saturated heterocycles. The van der Waals surface area contributed by atoms with E-state index in [-0.39, 0.29) is 30.7 Å². The van der Waals surface area contributed by atoms with Gasteiger partial charge in [0.15, 0.2) is 0 Å². The number of hydrogen-bond acceptors (Lipinski definition) is 4. The lowest BCUT2D eigenvalue weighted by atomic mass is 10.1. The largest absolute Gasteiger partial charge is 0.508 e. The highest BCUT2D eigenvalue weighted by atomic mass is 35.5. The number of phenolic OH excluding ortho intramolecular Hbond substituents is 1. The average molecular weight is 398 g/mol. The number of hydrogen-bond donors (Lipinski definition) is 2. The van der Waals surface area contributed by atoms with Crippen molar-refractivity contribution >= 4 is 36.4 Å². The molecule has 5 nitrogen and oxygen atoms in total. The molecule has 1 aliphatic rings. The number of nitrogens with zero attached hydrogens (tertiary/aromatic N) is 2. The Morgan fingerprint density at radius 1 is 1.08 bits per heavy atom. The first-order valence-electron chi connectivity index (χ1n) is 8.18. The van der Waals surface area contributed by atoms with Crippen molar-refractivity contribution in [2.45, 2.75) is 13.5 Å². The van der Waals surface area contributed by atoms with E-state index in [2.05, 4.69) is 4.90 Å². The third kappa shape index (κ3) is 5.27. The number of carbonyl (C=O) groups excluding carboxylic acids is 1. The first kappa shape index (κ1) is 22.1. The number of aromatic hydroxyl groups is 1. The van der Waals surface area contributed by atoms with Crippen LogP contribution in [-0.4, -0.2) is 47.0 Å². The minimum atomic E-state index is 0. The highest BCUT2D eigenvalue weighted by Crippen LogP contribution is 2.18. The van der Waals surface area contributed by atoms with E-state index in [1.807, 2.05) is 36.1 Å². The van der Waals surface area contributed by atoms with Crippen molar-refractivity contribution in [3.8, 4) is 5.75 Å². The van der Waals surface area contributed by atoms with Crippen molar-refractivity contribution in [1.29, 1.82) is 0 Å². The lowest BCUT2D eigenvalue weighted by molar-refractivity contribution is 0.0628. The summed E-state index contributed by atoms with van der Waals surface area (Å²) < 4.78 is 0. The second-order valence-corrected chi connectivity index (χ2v) is 6.31. The zero-order chi connectivity index (χ0) is 17.1. The Bertz CT molecular complexity index is 747. The Morgan fingerprint density at radius 3 is 2.42 bits per heavy atom. The van der Waals surface area contributed by atoms with E-state index in [0.29, 0.717) is 30.1 Å². The van der Waals surface area contributed by atoms with E-state index in [1.165, 1.54) is 0 Å². The van der Waals surface area contributed by atoms with Gasteiger partial charge in [0.2, 0.25) is 0 Å². The van der Waals surface area contributed by atoms with Crippen molar-refractivity contribution in [2.75, 3.05) is 31.9 Å². The van der Waals surface area contributed by atoms with Crippen LogP contribution < -0.4 is 5.73 Å². The summed E-state index contributed by atoms with van der Waals surface area (Å²) in [5, 5.41) is 9.55. The molecule has 2 aromatic carbocycles. The second-order valence-electron chi connectivity index (χ2n) is 6.31. The van der Waals surface area contributed by atoms with Crippen molar-refractivity contribution in [3.63, 3.8) is 0 Å². The van der Waals surface area contributed by atoms with E-state index < -0.39 is 0 Å². The molecule has 1 fully saturated rings. The Labute approximate surface area is 166 Å². The third-order valence-corrected chi connectivity index (χ3v) is 4.47. The van der Waals surface area contributed by atoms with Crippen molar-refractivity contribution in [3.05, 3.63) is 59.2 Å². The Kier molecular flexibility index (Phi) is 8.21. The number of nitrogens with two attached hydrogens (primary N) is 1. The van der Waals surface area contributed by atoms with Crippen LogP contribution in [0.2, 0.25) is 0 Å². The first-order chi connectivity index (χ1) is 11.5. The number of amides is 1. The molecule has 7 heteroatoms. The predicted octanol–water partition coefficient (Wildman–Crippen LogP) is 3.08. The van der Waals surface area contributed by atoms with E-state index >= 15 is 0 Å². The quantitative estimate of drug-likeness (QED) is 0.780. The number of piperazine rings is 1. The molecular weight excluding hydrogens is 373 g/mol. The van der Waals surface area contributed by atoms with Gasteiger partial charge in [0.25, 0.3) is 5.91 Å². The normalized spacial score (nSPS) is 14.3. The van der Waals surface area contributed by atoms with Crippen LogP contribution in [0, 0.1) is 6.92 Å². The molecule has 0 aliphatic carbocycles. The van der Waals surface area contributed by atoms with Crippen molar-refractivity contribution in [1.82, 2.24) is 9.80 Å². The zero-order valence-corrected chi connectivity index (χ0v) is 16.4. The molecule has 26 heavy (non-hydrogen) atoms. The number of benzene rings is 2. The number of halogens is 2. The monoisotopic (exact) mass is 397 g/mol. The highest BCUT2D eigenvalue weighted by Gasteiger charge is 2.23. The van der Waals surface area contributed by atoms with E-state index in [1.54, 1.807) is 18.2 Å². The number of aryl methyl sites for hydroxylation is 1. The first-order valence-corrected chi connectivity index (χ1v) is 8.18. The summed E-state index contributed by atoms with van der Waals surface area (Å²) in [4.78, 5) is 16.9. The van der Waals surface area contributed by atoms with Crippen LogP contribution in [-0.2, 0) is 6.54 Å². The number of phenols is 1. The maximum atomic E-state index is 12.7. The summed E-state index contributed by atoms with van der Waals surface area (Å²) in [6.45, 7) is 5.77. The molecule has 1 aliphatic heterocycles. The fourth-order valence-electron chi connectivity index (χ4n) is 3.06. The van der Waals surface area contributed by atoms with Gasteiger partial charge >= 0.3 is 0 Å². The maximum Gasteiger partial charge on any atom is 0.254 e. The van der Waals surface area contributed by atoms with E-state index in [0.717, 1.165) is 30.8 Å². The van der Waals surface area contributed by atoms with Gasteiger partial charge in [0, 0.05) is 44.0 Å². The van der Waals surface area contributed by atoms with Gasteiger partial charge in [-0.05, 0) is 42.3 Å². The lowest BCUT2D eigenvalue weighted by Crippen LogP contribution is -2.48. The third-order valence-electron chi connectivity index (χ3n) is 4.47. The van der Waals surface area contributed by atoms with Gasteiger partial charge < -0.3 is 15.7 Å². The zero-order valence-electron chi connectivity index (χ0n) is 14.7. The predicted molar refractivity (Wildman–Crippen MR) is 109 cm³/mol. The number of anilines is 1. The molecule has 0 atom stereocenters. The lowest BCUT2D eigenvalue weighted by Gasteiger charge is -2.35.